The maximum atomic E-state index is 15.4. The van der Waals surface area contributed by atoms with Gasteiger partial charge in [-0.2, -0.15) is 10.5 Å². The predicted molar refractivity (Wildman–Crippen MR) is 232 cm³/mol. The number of pyridine rings is 2. The number of aromatic nitrogens is 3. The van der Waals surface area contributed by atoms with E-state index in [4.69, 9.17) is 0 Å². The van der Waals surface area contributed by atoms with Gasteiger partial charge in [-0.3, -0.25) is 9.59 Å². The number of amides is 1. The van der Waals surface area contributed by atoms with E-state index in [2.05, 4.69) is 22.1 Å². The molecule has 8 heteroatoms. The molecule has 9 rings (SSSR count). The maximum Gasteiger partial charge on any atom is 0.260 e. The first-order valence-corrected chi connectivity index (χ1v) is 18.9. The van der Waals surface area contributed by atoms with Crippen LogP contribution >= 0.6 is 0 Å². The van der Waals surface area contributed by atoms with Crippen LogP contribution in [0.1, 0.15) is 32.1 Å². The number of benzene rings is 6. The zero-order valence-corrected chi connectivity index (χ0v) is 31.7. The van der Waals surface area contributed by atoms with E-state index in [1.807, 2.05) is 138 Å². The quantitative estimate of drug-likeness (QED) is 0.142. The molecule has 0 atom stereocenters. The molecule has 0 fully saturated rings. The molecular formula is C51H32N6O2. The van der Waals surface area contributed by atoms with Crippen molar-refractivity contribution in [1.29, 1.82) is 10.5 Å². The Bertz CT molecular complexity index is 3020. The van der Waals surface area contributed by atoms with Crippen LogP contribution in [0, 0.1) is 22.7 Å². The summed E-state index contributed by atoms with van der Waals surface area (Å²) in [7, 11) is 1.76. The molecule has 0 aliphatic heterocycles. The van der Waals surface area contributed by atoms with Gasteiger partial charge in [-0.25, -0.2) is 9.97 Å². The van der Waals surface area contributed by atoms with Crippen LogP contribution in [0.15, 0.2) is 170 Å². The fourth-order valence-electron chi connectivity index (χ4n) is 7.87. The first kappa shape index (κ1) is 36.2. The minimum Gasteiger partial charge on any atom is -0.310 e. The van der Waals surface area contributed by atoms with Gasteiger partial charge in [-0.05, 0) is 65.7 Å². The highest BCUT2D eigenvalue weighted by Gasteiger charge is 2.28. The van der Waals surface area contributed by atoms with Gasteiger partial charge in [-0.15, -0.1) is 0 Å². The summed E-state index contributed by atoms with van der Waals surface area (Å²) in [4.78, 5) is 39.1. The van der Waals surface area contributed by atoms with E-state index >= 15 is 4.79 Å². The van der Waals surface area contributed by atoms with E-state index in [-0.39, 0.29) is 17.0 Å². The molecule has 0 aliphatic carbocycles. The van der Waals surface area contributed by atoms with Crippen LogP contribution in [0.3, 0.4) is 0 Å². The van der Waals surface area contributed by atoms with Crippen molar-refractivity contribution in [2.75, 3.05) is 11.9 Å². The van der Waals surface area contributed by atoms with Crippen molar-refractivity contribution < 1.29 is 9.59 Å². The van der Waals surface area contributed by atoms with Crippen molar-refractivity contribution in [2.45, 2.75) is 0 Å². The van der Waals surface area contributed by atoms with E-state index in [1.165, 1.54) is 0 Å². The molecule has 0 N–H and O–H groups in total. The Morgan fingerprint density at radius 1 is 0.576 bits per heavy atom. The van der Waals surface area contributed by atoms with Gasteiger partial charge in [0.2, 0.25) is 0 Å². The highest BCUT2D eigenvalue weighted by atomic mass is 16.2. The molecule has 0 saturated carbocycles. The van der Waals surface area contributed by atoms with Crippen LogP contribution < -0.4 is 4.90 Å². The van der Waals surface area contributed by atoms with Gasteiger partial charge >= 0.3 is 0 Å². The first-order chi connectivity index (χ1) is 29.0. The third-order valence-electron chi connectivity index (χ3n) is 10.6. The Morgan fingerprint density at radius 2 is 1.07 bits per heavy atom. The lowest BCUT2D eigenvalue weighted by Gasteiger charge is -2.26. The number of hydrogen-bond acceptors (Lipinski definition) is 6. The second-order valence-electron chi connectivity index (χ2n) is 14.0. The lowest BCUT2D eigenvalue weighted by molar-refractivity contribution is 0.0986. The predicted octanol–water partition coefficient (Wildman–Crippen LogP) is 11.1. The number of fused-ring (bicyclic) bond motifs is 3. The molecule has 0 saturated heterocycles. The molecule has 8 nitrogen and oxygen atoms in total. The average Bonchev–Trinajstić information content (AvgIpc) is 3.64. The standard InChI is InChI=1S/C51H32N6O2/c1-56(50-40(33-12-4-2-5-13-33)19-11-20-41(50)34-14-6-3-7-15-34)51(59)49-37(32-58)16-8-23-48(49)57-46-26-24-35(44-21-9-17-38(30-52)54-44)28-42(46)43-29-36(25-27-47(43)57)45-22-10-18-39(31-53)55-45/h2-29,32H,1H3. The second-order valence-corrected chi connectivity index (χ2v) is 14.0. The third kappa shape index (κ3) is 6.47. The Morgan fingerprint density at radius 3 is 1.56 bits per heavy atom. The van der Waals surface area contributed by atoms with Gasteiger partial charge in [-0.1, -0.05) is 115 Å². The van der Waals surface area contributed by atoms with Crippen molar-refractivity contribution in [3.8, 4) is 62.6 Å². The number of para-hydroxylation sites is 1. The molecule has 9 aromatic rings. The van der Waals surface area contributed by atoms with E-state index in [0.29, 0.717) is 34.2 Å². The molecule has 3 aromatic heterocycles. The van der Waals surface area contributed by atoms with Crippen molar-refractivity contribution in [3.05, 3.63) is 192 Å². The number of hydrogen-bond donors (Lipinski definition) is 0. The van der Waals surface area contributed by atoms with Crippen molar-refractivity contribution in [1.82, 2.24) is 14.5 Å². The minimum absolute atomic E-state index is 0.241. The molecule has 0 radical (unpaired) electrons. The van der Waals surface area contributed by atoms with Crippen LogP contribution in [0.5, 0.6) is 0 Å². The highest BCUT2D eigenvalue weighted by Crippen LogP contribution is 2.42. The fraction of sp³-hybridized carbons (Fsp3) is 0.0196. The van der Waals surface area contributed by atoms with Gasteiger partial charge in [0.1, 0.15) is 23.5 Å². The van der Waals surface area contributed by atoms with Crippen LogP contribution in [-0.2, 0) is 0 Å². The van der Waals surface area contributed by atoms with Gasteiger partial charge in [0, 0.05) is 45.6 Å². The normalized spacial score (nSPS) is 10.9. The summed E-state index contributed by atoms with van der Waals surface area (Å²) in [6.07, 6.45) is 0.734. The zero-order chi connectivity index (χ0) is 40.5. The Hall–Kier alpha value is -8.46. The molecular weight excluding hydrogens is 729 g/mol. The molecule has 0 unspecified atom stereocenters. The fourth-order valence-corrected chi connectivity index (χ4v) is 7.87. The van der Waals surface area contributed by atoms with E-state index < -0.39 is 0 Å². The number of nitriles is 2. The van der Waals surface area contributed by atoms with Gasteiger partial charge in [0.05, 0.1) is 39.4 Å². The van der Waals surface area contributed by atoms with Gasteiger partial charge in [0.25, 0.3) is 5.91 Å². The zero-order valence-electron chi connectivity index (χ0n) is 31.7. The molecule has 6 aromatic carbocycles. The highest BCUT2D eigenvalue weighted by molar-refractivity contribution is 6.17. The molecule has 1 amide bonds. The minimum atomic E-state index is -0.360. The van der Waals surface area contributed by atoms with Crippen LogP contribution in [-0.4, -0.2) is 33.8 Å². The summed E-state index contributed by atoms with van der Waals surface area (Å²) in [5, 5.41) is 20.9. The summed E-state index contributed by atoms with van der Waals surface area (Å²) < 4.78 is 2.02. The summed E-state index contributed by atoms with van der Waals surface area (Å²) >= 11 is 0. The number of carbonyl (C=O) groups excluding carboxylic acids is 2. The van der Waals surface area contributed by atoms with Crippen LogP contribution in [0.2, 0.25) is 0 Å². The Labute approximate surface area is 340 Å². The summed E-state index contributed by atoms with van der Waals surface area (Å²) in [6.45, 7) is 0. The number of rotatable bonds is 8. The van der Waals surface area contributed by atoms with E-state index in [0.717, 1.165) is 61.5 Å². The van der Waals surface area contributed by atoms with Crippen LogP contribution in [0.25, 0.3) is 72.3 Å². The van der Waals surface area contributed by atoms with Crippen molar-refractivity contribution >= 4 is 39.7 Å². The second kappa shape index (κ2) is 15.2. The van der Waals surface area contributed by atoms with E-state index in [9.17, 15) is 15.3 Å². The van der Waals surface area contributed by atoms with Gasteiger partial charge < -0.3 is 9.47 Å². The number of nitrogens with zero attached hydrogens (tertiary/aromatic N) is 6. The summed E-state index contributed by atoms with van der Waals surface area (Å²) in [5.74, 6) is -0.360. The van der Waals surface area contributed by atoms with Crippen molar-refractivity contribution in [2.24, 2.45) is 0 Å². The summed E-state index contributed by atoms with van der Waals surface area (Å²) in [5.41, 5.74) is 10.4. The number of aldehydes is 1. The lowest BCUT2D eigenvalue weighted by Crippen LogP contribution is -2.29. The van der Waals surface area contributed by atoms with Crippen molar-refractivity contribution in [3.63, 3.8) is 0 Å². The van der Waals surface area contributed by atoms with Crippen LogP contribution in [0.4, 0.5) is 5.69 Å². The molecule has 3 heterocycles. The molecule has 59 heavy (non-hydrogen) atoms. The summed E-state index contributed by atoms with van der Waals surface area (Å²) in [6, 6.07) is 58.1. The number of anilines is 1. The maximum absolute atomic E-state index is 15.4. The SMILES string of the molecule is CN(C(=O)c1c(C=O)cccc1-n1c2ccc(-c3cccc(C#N)n3)cc2c2cc(-c3cccc(C#N)n3)ccc21)c1c(-c2ccccc2)cccc1-c1ccccc1. The molecule has 278 valence electrons. The first-order valence-electron chi connectivity index (χ1n) is 18.9. The lowest BCUT2D eigenvalue weighted by atomic mass is 9.94. The number of carbonyl (C=O) groups is 2. The smallest absolute Gasteiger partial charge is 0.260 e. The molecule has 0 aliphatic rings. The van der Waals surface area contributed by atoms with E-state index in [1.54, 1.807) is 48.3 Å². The largest absolute Gasteiger partial charge is 0.310 e. The van der Waals surface area contributed by atoms with Gasteiger partial charge in [0.15, 0.2) is 6.29 Å². The molecule has 0 spiro atoms. The average molecular weight is 761 g/mol. The molecule has 0 bridgehead atoms. The topological polar surface area (TPSA) is 116 Å². The Balaban J connectivity index is 1.29. The Kier molecular flexibility index (Phi) is 9.34. The monoisotopic (exact) mass is 760 g/mol. The third-order valence-corrected chi connectivity index (χ3v) is 10.6.